The number of nitrogens with one attached hydrogen (secondary N) is 1. The van der Waals surface area contributed by atoms with E-state index in [4.69, 9.17) is 4.74 Å². The summed E-state index contributed by atoms with van der Waals surface area (Å²) in [6.45, 7) is 11.6. The van der Waals surface area contributed by atoms with Gasteiger partial charge < -0.3 is 10.1 Å². The first-order valence-corrected chi connectivity index (χ1v) is 8.34. The number of hydrogen-bond donors (Lipinski definition) is 1. The van der Waals surface area contributed by atoms with Crippen molar-refractivity contribution in [2.45, 2.75) is 53.3 Å². The fourth-order valence-corrected chi connectivity index (χ4v) is 3.38. The first-order valence-electron chi connectivity index (χ1n) is 7.52. The number of para-hydroxylation sites is 1. The fraction of sp³-hybridized carbons (Fsp3) is 0.444. The minimum atomic E-state index is 0.195. The molecule has 2 nitrogen and oxygen atoms in total. The predicted molar refractivity (Wildman–Crippen MR) is 91.3 cm³/mol. The zero-order chi connectivity index (χ0) is 15.4. The van der Waals surface area contributed by atoms with Crippen LogP contribution < -0.4 is 10.1 Å². The lowest BCUT2D eigenvalue weighted by Crippen LogP contribution is -2.19. The topological polar surface area (TPSA) is 21.3 Å². The van der Waals surface area contributed by atoms with Crippen LogP contribution in [0.3, 0.4) is 0 Å². The van der Waals surface area contributed by atoms with Crippen LogP contribution in [0.1, 0.15) is 47.7 Å². The molecule has 0 aliphatic rings. The van der Waals surface area contributed by atoms with Gasteiger partial charge in [0.15, 0.2) is 0 Å². The number of rotatable bonds is 6. The third-order valence-corrected chi connectivity index (χ3v) is 4.50. The summed E-state index contributed by atoms with van der Waals surface area (Å²) in [5, 5.41) is 3.61. The van der Waals surface area contributed by atoms with Gasteiger partial charge >= 0.3 is 0 Å². The molecule has 1 atom stereocenters. The highest BCUT2D eigenvalue weighted by molar-refractivity contribution is 7.12. The quantitative estimate of drug-likeness (QED) is 0.810. The van der Waals surface area contributed by atoms with E-state index in [9.17, 15) is 0 Å². The van der Waals surface area contributed by atoms with Gasteiger partial charge in [0.25, 0.3) is 0 Å². The van der Waals surface area contributed by atoms with E-state index in [0.29, 0.717) is 0 Å². The van der Waals surface area contributed by atoms with Crippen LogP contribution in [0.4, 0.5) is 0 Å². The molecular weight excluding hydrogens is 278 g/mol. The molecule has 2 rings (SSSR count). The van der Waals surface area contributed by atoms with Crippen LogP contribution in [-0.4, -0.2) is 6.10 Å². The van der Waals surface area contributed by atoms with Crippen LogP contribution in [-0.2, 0) is 6.54 Å². The second-order valence-electron chi connectivity index (χ2n) is 5.75. The molecule has 1 unspecified atom stereocenters. The van der Waals surface area contributed by atoms with Gasteiger partial charge in [-0.15, -0.1) is 11.3 Å². The van der Waals surface area contributed by atoms with Crippen molar-refractivity contribution < 1.29 is 4.74 Å². The fourth-order valence-electron chi connectivity index (χ4n) is 2.43. The molecule has 0 saturated heterocycles. The van der Waals surface area contributed by atoms with Crippen molar-refractivity contribution in [3.05, 3.63) is 51.2 Å². The molecule has 0 saturated carbocycles. The molecule has 114 valence electrons. The Kier molecular flexibility index (Phi) is 5.43. The molecule has 1 N–H and O–H groups in total. The summed E-state index contributed by atoms with van der Waals surface area (Å²) in [6.07, 6.45) is 0.195. The molecule has 1 aromatic carbocycles. The van der Waals surface area contributed by atoms with Gasteiger partial charge in [-0.25, -0.2) is 0 Å². The Morgan fingerprint density at radius 3 is 2.48 bits per heavy atom. The Balaban J connectivity index is 2.06. The summed E-state index contributed by atoms with van der Waals surface area (Å²) >= 11 is 1.86. The van der Waals surface area contributed by atoms with Crippen molar-refractivity contribution in [3.63, 3.8) is 0 Å². The molecular formula is C18H25NOS. The molecule has 2 aromatic rings. The SMILES string of the molecule is Cc1cc(CNC(C)c2ccccc2OC(C)C)c(C)s1. The minimum absolute atomic E-state index is 0.195. The number of aryl methyl sites for hydroxylation is 2. The van der Waals surface area contributed by atoms with Gasteiger partial charge in [-0.05, 0) is 52.3 Å². The van der Waals surface area contributed by atoms with E-state index in [2.05, 4.69) is 58.1 Å². The minimum Gasteiger partial charge on any atom is -0.491 e. The van der Waals surface area contributed by atoms with Gasteiger partial charge in [0.2, 0.25) is 0 Å². The van der Waals surface area contributed by atoms with E-state index in [-0.39, 0.29) is 12.1 Å². The molecule has 0 amide bonds. The Morgan fingerprint density at radius 1 is 1.14 bits per heavy atom. The van der Waals surface area contributed by atoms with E-state index >= 15 is 0 Å². The molecule has 1 heterocycles. The van der Waals surface area contributed by atoms with Crippen molar-refractivity contribution in [3.8, 4) is 5.75 Å². The zero-order valence-electron chi connectivity index (χ0n) is 13.6. The highest BCUT2D eigenvalue weighted by Gasteiger charge is 2.12. The lowest BCUT2D eigenvalue weighted by molar-refractivity contribution is 0.238. The highest BCUT2D eigenvalue weighted by atomic mass is 32.1. The van der Waals surface area contributed by atoms with Crippen molar-refractivity contribution >= 4 is 11.3 Å². The summed E-state index contributed by atoms with van der Waals surface area (Å²) in [4.78, 5) is 2.78. The Bertz CT molecular complexity index is 589. The first kappa shape index (κ1) is 16.1. The van der Waals surface area contributed by atoms with Crippen molar-refractivity contribution in [2.75, 3.05) is 0 Å². The van der Waals surface area contributed by atoms with Crippen LogP contribution in [0.5, 0.6) is 5.75 Å². The Morgan fingerprint density at radius 2 is 1.86 bits per heavy atom. The maximum atomic E-state index is 5.91. The third kappa shape index (κ3) is 4.32. The standard InChI is InChI=1S/C18H25NOS/c1-12(2)20-18-9-7-6-8-17(18)14(4)19-11-16-10-13(3)21-15(16)5/h6-10,12,14,19H,11H2,1-5H3. The predicted octanol–water partition coefficient (Wildman–Crippen LogP) is 5.00. The third-order valence-electron chi connectivity index (χ3n) is 3.49. The molecule has 0 radical (unpaired) electrons. The second kappa shape index (κ2) is 7.10. The summed E-state index contributed by atoms with van der Waals surface area (Å²) in [5.74, 6) is 0.978. The van der Waals surface area contributed by atoms with Crippen LogP contribution in [0, 0.1) is 13.8 Å². The maximum absolute atomic E-state index is 5.91. The number of hydrogen-bond acceptors (Lipinski definition) is 3. The summed E-state index contributed by atoms with van der Waals surface area (Å²) < 4.78 is 5.91. The first-order chi connectivity index (χ1) is 9.97. The molecule has 0 aliphatic carbocycles. The molecule has 0 spiro atoms. The molecule has 0 aliphatic heterocycles. The van der Waals surface area contributed by atoms with Crippen LogP contribution in [0.2, 0.25) is 0 Å². The van der Waals surface area contributed by atoms with Gasteiger partial charge in [-0.2, -0.15) is 0 Å². The molecule has 1 aromatic heterocycles. The van der Waals surface area contributed by atoms with Gasteiger partial charge in [-0.1, -0.05) is 18.2 Å². The molecule has 0 fully saturated rings. The zero-order valence-corrected chi connectivity index (χ0v) is 14.4. The summed E-state index contributed by atoms with van der Waals surface area (Å²) in [5.41, 5.74) is 2.61. The van der Waals surface area contributed by atoms with E-state index < -0.39 is 0 Å². The lowest BCUT2D eigenvalue weighted by atomic mass is 10.1. The molecule has 0 bridgehead atoms. The monoisotopic (exact) mass is 303 g/mol. The van der Waals surface area contributed by atoms with Crippen molar-refractivity contribution in [1.29, 1.82) is 0 Å². The van der Waals surface area contributed by atoms with Crippen molar-refractivity contribution in [2.24, 2.45) is 0 Å². The number of ether oxygens (including phenoxy) is 1. The van der Waals surface area contributed by atoms with Gasteiger partial charge in [0.1, 0.15) is 5.75 Å². The van der Waals surface area contributed by atoms with Crippen LogP contribution in [0.15, 0.2) is 30.3 Å². The van der Waals surface area contributed by atoms with Crippen molar-refractivity contribution in [1.82, 2.24) is 5.32 Å². The average Bonchev–Trinajstić information content (AvgIpc) is 2.74. The lowest BCUT2D eigenvalue weighted by Gasteiger charge is -2.20. The van der Waals surface area contributed by atoms with E-state index in [1.54, 1.807) is 0 Å². The molecule has 21 heavy (non-hydrogen) atoms. The smallest absolute Gasteiger partial charge is 0.124 e. The maximum Gasteiger partial charge on any atom is 0.124 e. The number of thiophene rings is 1. The summed E-state index contributed by atoms with van der Waals surface area (Å²) in [7, 11) is 0. The Labute approximate surface area is 132 Å². The van der Waals surface area contributed by atoms with Gasteiger partial charge in [-0.3, -0.25) is 0 Å². The highest BCUT2D eigenvalue weighted by Crippen LogP contribution is 2.27. The van der Waals surface area contributed by atoms with E-state index in [1.807, 2.05) is 23.5 Å². The van der Waals surface area contributed by atoms with Gasteiger partial charge in [0.05, 0.1) is 6.10 Å². The van der Waals surface area contributed by atoms with Crippen LogP contribution in [0.25, 0.3) is 0 Å². The second-order valence-corrected chi connectivity index (χ2v) is 7.21. The largest absolute Gasteiger partial charge is 0.491 e. The van der Waals surface area contributed by atoms with E-state index in [0.717, 1.165) is 12.3 Å². The average molecular weight is 303 g/mol. The Hall–Kier alpha value is -1.32. The van der Waals surface area contributed by atoms with E-state index in [1.165, 1.54) is 20.9 Å². The molecule has 3 heteroatoms. The number of benzene rings is 1. The normalized spacial score (nSPS) is 12.7. The summed E-state index contributed by atoms with van der Waals surface area (Å²) in [6, 6.07) is 10.8. The van der Waals surface area contributed by atoms with Gasteiger partial charge in [0, 0.05) is 27.9 Å². The van der Waals surface area contributed by atoms with Crippen LogP contribution >= 0.6 is 11.3 Å².